The molecule has 1 amide bonds. The number of rotatable bonds is 5. The first-order valence-electron chi connectivity index (χ1n) is 8.48. The molecule has 134 valence electrons. The van der Waals surface area contributed by atoms with E-state index in [1.54, 1.807) is 11.9 Å². The van der Waals surface area contributed by atoms with Crippen molar-refractivity contribution in [2.24, 2.45) is 5.92 Å². The molecule has 0 aliphatic carbocycles. The Kier molecular flexibility index (Phi) is 7.32. The molecule has 1 saturated heterocycles. The highest BCUT2D eigenvalue weighted by Gasteiger charge is 2.29. The summed E-state index contributed by atoms with van der Waals surface area (Å²) in [7, 11) is 1.78. The molecular formula is C17H32N2O4. The average molecular weight is 328 g/mol. The number of ether oxygens (including phenoxy) is 2. The second kappa shape index (κ2) is 8.52. The van der Waals surface area contributed by atoms with Crippen molar-refractivity contribution in [3.63, 3.8) is 0 Å². The van der Waals surface area contributed by atoms with Gasteiger partial charge in [0.15, 0.2) is 0 Å². The predicted molar refractivity (Wildman–Crippen MR) is 89.3 cm³/mol. The number of hydrogen-bond donors (Lipinski definition) is 0. The van der Waals surface area contributed by atoms with E-state index >= 15 is 0 Å². The molecule has 6 heteroatoms. The molecule has 1 aliphatic heterocycles. The molecule has 0 N–H and O–H groups in total. The molecular weight excluding hydrogens is 296 g/mol. The number of carbonyl (C=O) groups excluding carboxylic acids is 2. The Morgan fingerprint density at radius 3 is 2.30 bits per heavy atom. The second-order valence-corrected chi connectivity index (χ2v) is 7.27. The maximum atomic E-state index is 12.0. The summed E-state index contributed by atoms with van der Waals surface area (Å²) >= 11 is 0. The van der Waals surface area contributed by atoms with Crippen molar-refractivity contribution < 1.29 is 19.1 Å². The Bertz CT molecular complexity index is 398. The van der Waals surface area contributed by atoms with Crippen LogP contribution >= 0.6 is 0 Å². The number of carbonyl (C=O) groups is 2. The lowest BCUT2D eigenvalue weighted by molar-refractivity contribution is -0.149. The molecule has 6 nitrogen and oxygen atoms in total. The van der Waals surface area contributed by atoms with Crippen molar-refractivity contribution in [2.75, 3.05) is 33.3 Å². The molecule has 1 aliphatic rings. The third kappa shape index (κ3) is 6.77. The fourth-order valence-corrected chi connectivity index (χ4v) is 2.74. The Morgan fingerprint density at radius 1 is 1.26 bits per heavy atom. The van der Waals surface area contributed by atoms with Gasteiger partial charge in [0, 0.05) is 13.6 Å². The summed E-state index contributed by atoms with van der Waals surface area (Å²) in [6, 6.07) is -0.195. The second-order valence-electron chi connectivity index (χ2n) is 7.27. The molecule has 0 bridgehead atoms. The van der Waals surface area contributed by atoms with E-state index in [1.165, 1.54) is 0 Å². The summed E-state index contributed by atoms with van der Waals surface area (Å²) in [5, 5.41) is 0. The molecule has 23 heavy (non-hydrogen) atoms. The van der Waals surface area contributed by atoms with Crippen LogP contribution in [-0.4, -0.2) is 66.8 Å². The van der Waals surface area contributed by atoms with Crippen molar-refractivity contribution in [1.82, 2.24) is 9.80 Å². The first-order chi connectivity index (χ1) is 10.6. The van der Waals surface area contributed by atoms with Crippen molar-refractivity contribution in [3.05, 3.63) is 0 Å². The summed E-state index contributed by atoms with van der Waals surface area (Å²) in [6.45, 7) is 12.1. The Labute approximate surface area is 140 Å². The first kappa shape index (κ1) is 19.7. The highest BCUT2D eigenvalue weighted by atomic mass is 16.6. The van der Waals surface area contributed by atoms with Gasteiger partial charge in [-0.05, 0) is 66.5 Å². The zero-order chi connectivity index (χ0) is 17.6. The topological polar surface area (TPSA) is 59.1 Å². The van der Waals surface area contributed by atoms with Crippen LogP contribution in [0.1, 0.15) is 47.5 Å². The molecule has 0 aromatic rings. The molecule has 1 fully saturated rings. The van der Waals surface area contributed by atoms with Crippen LogP contribution in [0.25, 0.3) is 0 Å². The van der Waals surface area contributed by atoms with Gasteiger partial charge in [0.05, 0.1) is 6.61 Å². The molecule has 1 unspecified atom stereocenters. The van der Waals surface area contributed by atoms with Gasteiger partial charge >= 0.3 is 12.1 Å². The highest BCUT2D eigenvalue weighted by molar-refractivity contribution is 5.75. The Balaban J connectivity index is 2.39. The highest BCUT2D eigenvalue weighted by Crippen LogP contribution is 2.21. The summed E-state index contributed by atoms with van der Waals surface area (Å²) < 4.78 is 10.5. The summed E-state index contributed by atoms with van der Waals surface area (Å²) in [5.41, 5.74) is -0.468. The van der Waals surface area contributed by atoms with E-state index in [-0.39, 0.29) is 18.1 Å². The largest absolute Gasteiger partial charge is 0.465 e. The molecule has 1 atom stereocenters. The summed E-state index contributed by atoms with van der Waals surface area (Å²) in [4.78, 5) is 27.6. The fourth-order valence-electron chi connectivity index (χ4n) is 2.74. The number of likely N-dealkylation sites (tertiary alicyclic amines) is 1. The first-order valence-corrected chi connectivity index (χ1v) is 8.48. The monoisotopic (exact) mass is 328 g/mol. The number of esters is 1. The number of piperidine rings is 1. The van der Waals surface area contributed by atoms with E-state index in [4.69, 9.17) is 9.47 Å². The third-order valence-corrected chi connectivity index (χ3v) is 4.06. The van der Waals surface area contributed by atoms with Gasteiger partial charge in [-0.3, -0.25) is 9.69 Å². The van der Waals surface area contributed by atoms with Crippen LogP contribution in [0.2, 0.25) is 0 Å². The normalized spacial score (nSPS) is 18.3. The van der Waals surface area contributed by atoms with E-state index < -0.39 is 5.60 Å². The van der Waals surface area contributed by atoms with Crippen LogP contribution in [0.5, 0.6) is 0 Å². The van der Waals surface area contributed by atoms with E-state index in [9.17, 15) is 9.59 Å². The fraction of sp³-hybridized carbons (Fsp3) is 0.882. The number of nitrogens with zero attached hydrogens (tertiary/aromatic N) is 2. The molecule has 0 saturated carbocycles. The van der Waals surface area contributed by atoms with Crippen LogP contribution in [0.3, 0.4) is 0 Å². The van der Waals surface area contributed by atoms with Crippen LogP contribution in [0, 0.1) is 5.92 Å². The minimum atomic E-state index is -0.468. The van der Waals surface area contributed by atoms with Gasteiger partial charge in [0.1, 0.15) is 11.6 Å². The zero-order valence-electron chi connectivity index (χ0n) is 15.4. The van der Waals surface area contributed by atoms with E-state index in [2.05, 4.69) is 4.90 Å². The Hall–Kier alpha value is -1.30. The number of amides is 1. The molecule has 1 heterocycles. The van der Waals surface area contributed by atoms with Crippen LogP contribution in [0.15, 0.2) is 0 Å². The minimum absolute atomic E-state index is 0.156. The molecule has 0 radical (unpaired) electrons. The van der Waals surface area contributed by atoms with Crippen LogP contribution in [-0.2, 0) is 14.3 Å². The number of hydrogen-bond acceptors (Lipinski definition) is 5. The molecule has 0 aromatic carbocycles. The van der Waals surface area contributed by atoms with Gasteiger partial charge in [-0.2, -0.15) is 0 Å². The zero-order valence-corrected chi connectivity index (χ0v) is 15.4. The quantitative estimate of drug-likeness (QED) is 0.726. The van der Waals surface area contributed by atoms with Crippen LogP contribution < -0.4 is 0 Å². The SMILES string of the molecule is CCOC(=O)C(C)N1CCC(CN(C)C(=O)OC(C)(C)C)CC1. The molecule has 0 spiro atoms. The van der Waals surface area contributed by atoms with Gasteiger partial charge in [0.25, 0.3) is 0 Å². The minimum Gasteiger partial charge on any atom is -0.465 e. The van der Waals surface area contributed by atoms with Crippen molar-refractivity contribution in [1.29, 1.82) is 0 Å². The van der Waals surface area contributed by atoms with Crippen molar-refractivity contribution in [2.45, 2.75) is 59.1 Å². The third-order valence-electron chi connectivity index (χ3n) is 4.06. The van der Waals surface area contributed by atoms with Gasteiger partial charge in [0.2, 0.25) is 0 Å². The van der Waals surface area contributed by atoms with Gasteiger partial charge in [-0.25, -0.2) is 4.79 Å². The van der Waals surface area contributed by atoms with E-state index in [1.807, 2.05) is 34.6 Å². The lowest BCUT2D eigenvalue weighted by atomic mass is 9.95. The van der Waals surface area contributed by atoms with Crippen molar-refractivity contribution >= 4 is 12.1 Å². The van der Waals surface area contributed by atoms with E-state index in [0.717, 1.165) is 25.9 Å². The summed E-state index contributed by atoms with van der Waals surface area (Å²) in [5.74, 6) is 0.287. The van der Waals surface area contributed by atoms with Crippen molar-refractivity contribution in [3.8, 4) is 0 Å². The van der Waals surface area contributed by atoms with Crippen LogP contribution in [0.4, 0.5) is 4.79 Å². The lowest BCUT2D eigenvalue weighted by Gasteiger charge is -2.36. The summed E-state index contributed by atoms with van der Waals surface area (Å²) in [6.07, 6.45) is 1.66. The van der Waals surface area contributed by atoms with Gasteiger partial charge in [-0.15, -0.1) is 0 Å². The maximum absolute atomic E-state index is 12.0. The van der Waals surface area contributed by atoms with E-state index in [0.29, 0.717) is 19.1 Å². The lowest BCUT2D eigenvalue weighted by Crippen LogP contribution is -2.46. The van der Waals surface area contributed by atoms with Gasteiger partial charge < -0.3 is 14.4 Å². The Morgan fingerprint density at radius 2 is 1.83 bits per heavy atom. The standard InChI is InChI=1S/C17H32N2O4/c1-7-22-15(20)13(2)19-10-8-14(9-11-19)12-18(6)16(21)23-17(3,4)5/h13-14H,7-12H2,1-6H3. The van der Waals surface area contributed by atoms with Gasteiger partial charge in [-0.1, -0.05) is 0 Å². The average Bonchev–Trinajstić information content (AvgIpc) is 2.45. The molecule has 0 aromatic heterocycles. The predicted octanol–water partition coefficient (Wildman–Crippen LogP) is 2.52. The molecule has 1 rings (SSSR count). The maximum Gasteiger partial charge on any atom is 0.410 e. The smallest absolute Gasteiger partial charge is 0.410 e.